The molecule has 7 rings (SSSR count). The maximum absolute atomic E-state index is 6.60. The van der Waals surface area contributed by atoms with E-state index in [4.69, 9.17) is 15.1 Å². The fourth-order valence-corrected chi connectivity index (χ4v) is 5.10. The van der Waals surface area contributed by atoms with Crippen LogP contribution in [0.2, 0.25) is 0 Å². The normalized spacial score (nSPS) is 15.3. The molecular formula is C28H23N5O. The SMILES string of the molecule is NC1(c2ccc(-c3c(-c4ccoc4)nc4n3-c3cccnc3Nc3ccccc3-4)cc2)CCC1. The Morgan fingerprint density at radius 1 is 0.941 bits per heavy atom. The fraction of sp³-hybridized carbons (Fsp3) is 0.143. The summed E-state index contributed by atoms with van der Waals surface area (Å²) in [4.78, 5) is 9.83. The third-order valence-corrected chi connectivity index (χ3v) is 7.10. The van der Waals surface area contributed by atoms with Gasteiger partial charge in [-0.3, -0.25) is 4.57 Å². The second kappa shape index (κ2) is 7.17. The first-order chi connectivity index (χ1) is 16.7. The van der Waals surface area contributed by atoms with Crippen LogP contribution in [-0.2, 0) is 5.54 Å². The van der Waals surface area contributed by atoms with E-state index in [0.717, 1.165) is 63.9 Å². The molecule has 0 bridgehead atoms. The van der Waals surface area contributed by atoms with Crippen molar-refractivity contribution in [3.63, 3.8) is 0 Å². The average molecular weight is 446 g/mol. The highest BCUT2D eigenvalue weighted by atomic mass is 16.3. The number of imidazole rings is 1. The molecule has 0 amide bonds. The lowest BCUT2D eigenvalue weighted by molar-refractivity contribution is 0.253. The van der Waals surface area contributed by atoms with Crippen molar-refractivity contribution in [2.24, 2.45) is 5.73 Å². The van der Waals surface area contributed by atoms with Crippen LogP contribution < -0.4 is 11.1 Å². The summed E-state index contributed by atoms with van der Waals surface area (Å²) in [7, 11) is 0. The molecule has 3 N–H and O–H groups in total. The van der Waals surface area contributed by atoms with Crippen molar-refractivity contribution >= 4 is 11.5 Å². The van der Waals surface area contributed by atoms with E-state index in [1.165, 1.54) is 12.0 Å². The van der Waals surface area contributed by atoms with Crippen LogP contribution in [0.3, 0.4) is 0 Å². The highest BCUT2D eigenvalue weighted by molar-refractivity contribution is 5.90. The first kappa shape index (κ1) is 19.3. The summed E-state index contributed by atoms with van der Waals surface area (Å²) >= 11 is 0. The zero-order valence-electron chi connectivity index (χ0n) is 18.5. The molecule has 0 radical (unpaired) electrons. The maximum atomic E-state index is 6.60. The number of anilines is 2. The Hall–Kier alpha value is -4.16. The van der Waals surface area contributed by atoms with Crippen LogP contribution in [-0.4, -0.2) is 14.5 Å². The van der Waals surface area contributed by atoms with Crippen LogP contribution in [0.15, 0.2) is 89.9 Å². The summed E-state index contributed by atoms with van der Waals surface area (Å²) in [5.41, 5.74) is 14.4. The largest absolute Gasteiger partial charge is 0.472 e. The topological polar surface area (TPSA) is 81.9 Å². The molecule has 1 fully saturated rings. The first-order valence-corrected chi connectivity index (χ1v) is 11.6. The van der Waals surface area contributed by atoms with Gasteiger partial charge in [-0.1, -0.05) is 36.4 Å². The van der Waals surface area contributed by atoms with E-state index < -0.39 is 0 Å². The lowest BCUT2D eigenvalue weighted by Crippen LogP contribution is -2.43. The van der Waals surface area contributed by atoms with Gasteiger partial charge in [-0.05, 0) is 55.2 Å². The number of rotatable bonds is 3. The molecule has 6 heteroatoms. The number of nitrogens with zero attached hydrogens (tertiary/aromatic N) is 3. The second-order valence-corrected chi connectivity index (χ2v) is 9.11. The van der Waals surface area contributed by atoms with Crippen molar-refractivity contribution in [2.45, 2.75) is 24.8 Å². The van der Waals surface area contributed by atoms with Crippen molar-refractivity contribution in [2.75, 3.05) is 5.32 Å². The van der Waals surface area contributed by atoms with Crippen LogP contribution >= 0.6 is 0 Å². The van der Waals surface area contributed by atoms with Crippen LogP contribution in [0.5, 0.6) is 0 Å². The summed E-state index contributed by atoms with van der Waals surface area (Å²) in [6.45, 7) is 0. The zero-order valence-corrected chi connectivity index (χ0v) is 18.5. The van der Waals surface area contributed by atoms with Crippen molar-refractivity contribution in [1.82, 2.24) is 14.5 Å². The molecular weight excluding hydrogens is 422 g/mol. The lowest BCUT2D eigenvalue weighted by atomic mass is 9.72. The number of fused-ring (bicyclic) bond motifs is 5. The number of pyridine rings is 1. The van der Waals surface area contributed by atoms with Crippen molar-refractivity contribution in [3.8, 4) is 39.6 Å². The Labute approximate surface area is 197 Å². The molecule has 0 spiro atoms. The standard InChI is InChI=1S/C28H23N5O/c29-28(13-4-14-28)20-10-8-18(9-11-20)25-24(19-12-16-34-17-19)32-27-21-5-1-2-6-22(21)31-26-23(33(25)27)7-3-15-30-26/h1-3,5-12,15-17H,4,13-14,29H2,(H,30,31). The van der Waals surface area contributed by atoms with Gasteiger partial charge in [-0.25, -0.2) is 9.97 Å². The van der Waals surface area contributed by atoms with Crippen LogP contribution in [0, 0.1) is 0 Å². The molecule has 3 aromatic heterocycles. The molecule has 166 valence electrons. The maximum Gasteiger partial charge on any atom is 0.154 e. The monoisotopic (exact) mass is 445 g/mol. The van der Waals surface area contributed by atoms with Gasteiger partial charge in [-0.2, -0.15) is 0 Å². The van der Waals surface area contributed by atoms with Gasteiger partial charge in [0.15, 0.2) is 5.82 Å². The summed E-state index contributed by atoms with van der Waals surface area (Å²) in [6.07, 6.45) is 8.51. The molecule has 1 aliphatic heterocycles. The van der Waals surface area contributed by atoms with Crippen molar-refractivity contribution in [1.29, 1.82) is 0 Å². The van der Waals surface area contributed by atoms with E-state index in [2.05, 4.69) is 57.3 Å². The number of nitrogens with two attached hydrogens (primary N) is 1. The zero-order chi connectivity index (χ0) is 22.7. The predicted octanol–water partition coefficient (Wildman–Crippen LogP) is 6.26. The number of hydrogen-bond donors (Lipinski definition) is 2. The molecule has 2 aliphatic rings. The van der Waals surface area contributed by atoms with Gasteiger partial charge in [0, 0.05) is 28.4 Å². The van der Waals surface area contributed by atoms with E-state index in [9.17, 15) is 0 Å². The number of nitrogens with one attached hydrogen (secondary N) is 1. The molecule has 6 nitrogen and oxygen atoms in total. The van der Waals surface area contributed by atoms with Gasteiger partial charge in [0.25, 0.3) is 0 Å². The van der Waals surface area contributed by atoms with E-state index in [-0.39, 0.29) is 5.54 Å². The molecule has 1 saturated carbocycles. The average Bonchev–Trinajstić information content (AvgIpc) is 3.49. The highest BCUT2D eigenvalue weighted by Crippen LogP contribution is 2.45. The third kappa shape index (κ3) is 2.79. The highest BCUT2D eigenvalue weighted by Gasteiger charge is 2.34. The van der Waals surface area contributed by atoms with Crippen molar-refractivity contribution < 1.29 is 4.42 Å². The van der Waals surface area contributed by atoms with Gasteiger partial charge in [0.05, 0.1) is 29.6 Å². The minimum absolute atomic E-state index is 0.195. The molecule has 5 aromatic rings. The summed E-state index contributed by atoms with van der Waals surface area (Å²) in [5, 5.41) is 3.51. The molecule has 34 heavy (non-hydrogen) atoms. The molecule has 0 unspecified atom stereocenters. The predicted molar refractivity (Wildman–Crippen MR) is 133 cm³/mol. The Balaban J connectivity index is 1.53. The van der Waals surface area contributed by atoms with Crippen LogP contribution in [0.4, 0.5) is 11.5 Å². The Kier molecular flexibility index (Phi) is 4.07. The van der Waals surface area contributed by atoms with Crippen molar-refractivity contribution in [3.05, 3.63) is 91.0 Å². The number of hydrogen-bond acceptors (Lipinski definition) is 5. The van der Waals surface area contributed by atoms with Gasteiger partial charge in [0.2, 0.25) is 0 Å². The van der Waals surface area contributed by atoms with E-state index in [0.29, 0.717) is 0 Å². The first-order valence-electron chi connectivity index (χ1n) is 11.6. The van der Waals surface area contributed by atoms with Gasteiger partial charge >= 0.3 is 0 Å². The minimum Gasteiger partial charge on any atom is -0.472 e. The van der Waals surface area contributed by atoms with Gasteiger partial charge < -0.3 is 15.5 Å². The van der Waals surface area contributed by atoms with Crippen LogP contribution in [0.1, 0.15) is 24.8 Å². The smallest absolute Gasteiger partial charge is 0.154 e. The van der Waals surface area contributed by atoms with Gasteiger partial charge in [-0.15, -0.1) is 0 Å². The Bertz CT molecular complexity index is 1510. The quantitative estimate of drug-likeness (QED) is 0.336. The van der Waals surface area contributed by atoms with Gasteiger partial charge in [0.1, 0.15) is 11.5 Å². The fourth-order valence-electron chi connectivity index (χ4n) is 5.10. The summed E-state index contributed by atoms with van der Waals surface area (Å²) in [6, 6.07) is 22.9. The molecule has 2 aromatic carbocycles. The lowest BCUT2D eigenvalue weighted by Gasteiger charge is -2.38. The van der Waals surface area contributed by atoms with E-state index in [1.807, 2.05) is 24.3 Å². The number of furan rings is 1. The van der Waals surface area contributed by atoms with Crippen LogP contribution in [0.25, 0.3) is 39.6 Å². The minimum atomic E-state index is -0.195. The van der Waals surface area contributed by atoms with E-state index >= 15 is 0 Å². The molecule has 0 atom stereocenters. The number of benzene rings is 2. The second-order valence-electron chi connectivity index (χ2n) is 9.11. The Morgan fingerprint density at radius 2 is 1.79 bits per heavy atom. The van der Waals surface area contributed by atoms with E-state index in [1.54, 1.807) is 18.7 Å². The molecule has 4 heterocycles. The number of para-hydroxylation sites is 1. The summed E-state index contributed by atoms with van der Waals surface area (Å²) in [5.74, 6) is 1.65. The summed E-state index contributed by atoms with van der Waals surface area (Å²) < 4.78 is 7.66. The molecule has 1 aliphatic carbocycles. The molecule has 0 saturated heterocycles. The third-order valence-electron chi connectivity index (χ3n) is 7.10. The number of aromatic nitrogens is 3. The Morgan fingerprint density at radius 3 is 2.56 bits per heavy atom.